The molecular weight excluding hydrogens is 204 g/mol. The van der Waals surface area contributed by atoms with Gasteiger partial charge in [0.25, 0.3) is 0 Å². The summed E-state index contributed by atoms with van der Waals surface area (Å²) in [6.45, 7) is 0. The molecule has 11 heavy (non-hydrogen) atoms. The summed E-state index contributed by atoms with van der Waals surface area (Å²) in [5, 5.41) is 6.20. The lowest BCUT2D eigenvalue weighted by atomic mass is 10.2. The third kappa shape index (κ3) is 1.66. The Kier molecular flexibility index (Phi) is 2.76. The number of anilines is 2. The predicted octanol–water partition coefficient (Wildman–Crippen LogP) is 2.53. The number of benzene rings is 1. The summed E-state index contributed by atoms with van der Waals surface area (Å²) in [4.78, 5) is 0. The number of hydrogen-bond acceptors (Lipinski definition) is 2. The van der Waals surface area contributed by atoms with Crippen molar-refractivity contribution in [1.29, 1.82) is 0 Å². The first-order chi connectivity index (χ1) is 5.29. The maximum Gasteiger partial charge on any atom is 0.0717 e. The van der Waals surface area contributed by atoms with Gasteiger partial charge in [0.2, 0.25) is 0 Å². The summed E-state index contributed by atoms with van der Waals surface area (Å²) in [6, 6.07) is 6.03. The Morgan fingerprint density at radius 2 is 1.91 bits per heavy atom. The lowest BCUT2D eigenvalue weighted by molar-refractivity contribution is 1.43. The smallest absolute Gasteiger partial charge is 0.0717 e. The van der Waals surface area contributed by atoms with Gasteiger partial charge in [0, 0.05) is 18.6 Å². The van der Waals surface area contributed by atoms with Crippen LogP contribution in [0.15, 0.2) is 22.7 Å². The molecule has 0 saturated heterocycles. The van der Waals surface area contributed by atoms with Crippen molar-refractivity contribution in [3.8, 4) is 0 Å². The van der Waals surface area contributed by atoms with Crippen LogP contribution in [-0.4, -0.2) is 14.1 Å². The minimum atomic E-state index is 1.08. The van der Waals surface area contributed by atoms with E-state index in [1.807, 2.05) is 32.3 Å². The molecule has 2 nitrogen and oxygen atoms in total. The molecule has 3 heteroatoms. The molecule has 1 rings (SSSR count). The summed E-state index contributed by atoms with van der Waals surface area (Å²) in [5.74, 6) is 0. The van der Waals surface area contributed by atoms with Gasteiger partial charge in [0.15, 0.2) is 0 Å². The first-order valence-electron chi connectivity index (χ1n) is 3.43. The number of nitrogens with one attached hydrogen (secondary N) is 2. The van der Waals surface area contributed by atoms with E-state index in [-0.39, 0.29) is 0 Å². The van der Waals surface area contributed by atoms with Crippen LogP contribution in [0.3, 0.4) is 0 Å². The number of rotatable bonds is 2. The fourth-order valence-corrected chi connectivity index (χ4v) is 1.55. The molecule has 0 saturated carbocycles. The van der Waals surface area contributed by atoms with Crippen LogP contribution in [-0.2, 0) is 0 Å². The van der Waals surface area contributed by atoms with Gasteiger partial charge in [-0.25, -0.2) is 0 Å². The number of para-hydroxylation sites is 1. The summed E-state index contributed by atoms with van der Waals surface area (Å²) in [6.07, 6.45) is 0. The summed E-state index contributed by atoms with van der Waals surface area (Å²) < 4.78 is 1.08. The molecule has 0 aliphatic carbocycles. The van der Waals surface area contributed by atoms with Crippen molar-refractivity contribution in [2.75, 3.05) is 24.7 Å². The van der Waals surface area contributed by atoms with Crippen molar-refractivity contribution in [3.63, 3.8) is 0 Å². The molecule has 0 aliphatic heterocycles. The van der Waals surface area contributed by atoms with Crippen molar-refractivity contribution >= 4 is 27.3 Å². The average molecular weight is 215 g/mol. The Morgan fingerprint density at radius 1 is 1.18 bits per heavy atom. The number of halogens is 1. The second-order valence-corrected chi connectivity index (χ2v) is 3.02. The van der Waals surface area contributed by atoms with Crippen molar-refractivity contribution in [1.82, 2.24) is 0 Å². The summed E-state index contributed by atoms with van der Waals surface area (Å²) in [7, 11) is 3.81. The molecule has 0 aromatic heterocycles. The van der Waals surface area contributed by atoms with Crippen LogP contribution in [0.2, 0.25) is 0 Å². The second-order valence-electron chi connectivity index (χ2n) is 2.16. The van der Waals surface area contributed by atoms with Crippen LogP contribution < -0.4 is 10.6 Å². The quantitative estimate of drug-likeness (QED) is 0.792. The molecule has 1 aromatic rings. The van der Waals surface area contributed by atoms with Crippen LogP contribution in [0.4, 0.5) is 11.4 Å². The largest absolute Gasteiger partial charge is 0.386 e. The Morgan fingerprint density at radius 3 is 2.36 bits per heavy atom. The molecule has 0 heterocycles. The van der Waals surface area contributed by atoms with E-state index < -0.39 is 0 Å². The Labute approximate surface area is 75.1 Å². The fraction of sp³-hybridized carbons (Fsp3) is 0.250. The van der Waals surface area contributed by atoms with Gasteiger partial charge >= 0.3 is 0 Å². The van der Waals surface area contributed by atoms with Gasteiger partial charge in [-0.15, -0.1) is 0 Å². The van der Waals surface area contributed by atoms with E-state index in [9.17, 15) is 0 Å². The third-order valence-electron chi connectivity index (χ3n) is 1.53. The molecule has 2 N–H and O–H groups in total. The molecule has 0 bridgehead atoms. The lowest BCUT2D eigenvalue weighted by Crippen LogP contribution is -1.96. The van der Waals surface area contributed by atoms with Crippen molar-refractivity contribution in [2.24, 2.45) is 0 Å². The van der Waals surface area contributed by atoms with Crippen molar-refractivity contribution in [2.45, 2.75) is 0 Å². The van der Waals surface area contributed by atoms with E-state index in [0.29, 0.717) is 0 Å². The topological polar surface area (TPSA) is 24.1 Å². The minimum Gasteiger partial charge on any atom is -0.386 e. The maximum atomic E-state index is 3.45. The molecular formula is C8H11BrN2. The molecule has 0 atom stereocenters. The first kappa shape index (κ1) is 8.40. The van der Waals surface area contributed by atoms with E-state index in [1.54, 1.807) is 0 Å². The molecule has 0 amide bonds. The maximum absolute atomic E-state index is 3.45. The van der Waals surface area contributed by atoms with Crippen molar-refractivity contribution < 1.29 is 0 Å². The van der Waals surface area contributed by atoms with Gasteiger partial charge in [-0.1, -0.05) is 6.07 Å². The van der Waals surface area contributed by atoms with E-state index in [2.05, 4.69) is 26.6 Å². The first-order valence-corrected chi connectivity index (χ1v) is 4.23. The monoisotopic (exact) mass is 214 g/mol. The SMILES string of the molecule is CNc1cccc(Br)c1NC. The molecule has 0 radical (unpaired) electrons. The Bertz CT molecular complexity index is 248. The van der Waals surface area contributed by atoms with Gasteiger partial charge in [-0.3, -0.25) is 0 Å². The van der Waals surface area contributed by atoms with E-state index in [1.165, 1.54) is 0 Å². The summed E-state index contributed by atoms with van der Waals surface area (Å²) >= 11 is 3.45. The van der Waals surface area contributed by atoms with Crippen LogP contribution >= 0.6 is 15.9 Å². The second kappa shape index (κ2) is 3.62. The predicted molar refractivity (Wildman–Crippen MR) is 53.2 cm³/mol. The van der Waals surface area contributed by atoms with Crippen LogP contribution in [0.5, 0.6) is 0 Å². The van der Waals surface area contributed by atoms with Crippen LogP contribution in [0, 0.1) is 0 Å². The molecule has 60 valence electrons. The highest BCUT2D eigenvalue weighted by atomic mass is 79.9. The van der Waals surface area contributed by atoms with Gasteiger partial charge in [-0.2, -0.15) is 0 Å². The van der Waals surface area contributed by atoms with Crippen LogP contribution in [0.1, 0.15) is 0 Å². The highest BCUT2D eigenvalue weighted by molar-refractivity contribution is 9.10. The number of hydrogen-bond donors (Lipinski definition) is 2. The molecule has 0 fully saturated rings. The van der Waals surface area contributed by atoms with E-state index >= 15 is 0 Å². The highest BCUT2D eigenvalue weighted by Crippen LogP contribution is 2.29. The highest BCUT2D eigenvalue weighted by Gasteiger charge is 2.00. The molecule has 0 spiro atoms. The van der Waals surface area contributed by atoms with Gasteiger partial charge in [0.1, 0.15) is 0 Å². The fourth-order valence-electron chi connectivity index (χ4n) is 0.987. The van der Waals surface area contributed by atoms with E-state index in [4.69, 9.17) is 0 Å². The Hall–Kier alpha value is -0.700. The van der Waals surface area contributed by atoms with Crippen molar-refractivity contribution in [3.05, 3.63) is 22.7 Å². The zero-order valence-electron chi connectivity index (χ0n) is 6.61. The van der Waals surface area contributed by atoms with Crippen LogP contribution in [0.25, 0.3) is 0 Å². The minimum absolute atomic E-state index is 1.08. The summed E-state index contributed by atoms with van der Waals surface area (Å²) in [5.41, 5.74) is 2.19. The Balaban J connectivity index is 3.13. The van der Waals surface area contributed by atoms with Gasteiger partial charge < -0.3 is 10.6 Å². The zero-order valence-corrected chi connectivity index (χ0v) is 8.20. The average Bonchev–Trinajstić information content (AvgIpc) is 2.04. The van der Waals surface area contributed by atoms with Gasteiger partial charge in [0.05, 0.1) is 11.4 Å². The molecule has 0 aliphatic rings. The zero-order chi connectivity index (χ0) is 8.27. The van der Waals surface area contributed by atoms with E-state index in [0.717, 1.165) is 15.8 Å². The lowest BCUT2D eigenvalue weighted by Gasteiger charge is -2.09. The third-order valence-corrected chi connectivity index (χ3v) is 2.19. The molecule has 1 aromatic carbocycles. The standard InChI is InChI=1S/C8H11BrN2/c1-10-7-5-3-4-6(9)8(7)11-2/h3-5,10-11H,1-2H3. The normalized spacial score (nSPS) is 9.36. The molecule has 0 unspecified atom stereocenters. The van der Waals surface area contributed by atoms with Gasteiger partial charge in [-0.05, 0) is 28.1 Å².